The lowest BCUT2D eigenvalue weighted by Gasteiger charge is -2.15. The van der Waals surface area contributed by atoms with Crippen molar-refractivity contribution in [2.45, 2.75) is 44.8 Å². The zero-order valence-corrected chi connectivity index (χ0v) is 17.6. The van der Waals surface area contributed by atoms with Gasteiger partial charge in [-0.25, -0.2) is 0 Å². The number of carbonyl (C=O) groups is 2. The van der Waals surface area contributed by atoms with Crippen LogP contribution in [0.25, 0.3) is 10.9 Å². The third kappa shape index (κ3) is 4.46. The predicted molar refractivity (Wildman–Crippen MR) is 115 cm³/mol. The van der Waals surface area contributed by atoms with Crippen molar-refractivity contribution in [2.75, 3.05) is 26.2 Å². The Kier molecular flexibility index (Phi) is 6.29. The van der Waals surface area contributed by atoms with E-state index < -0.39 is 0 Å². The molecule has 160 valence electrons. The first kappa shape index (κ1) is 20.7. The minimum Gasteiger partial charge on any atom is -0.376 e. The summed E-state index contributed by atoms with van der Waals surface area (Å²) in [5.74, 6) is -0.0243. The first-order valence-corrected chi connectivity index (χ1v) is 10.9. The van der Waals surface area contributed by atoms with Gasteiger partial charge in [0.25, 0.3) is 11.5 Å². The molecule has 1 aromatic carbocycles. The maximum Gasteiger partial charge on any atom is 0.262 e. The number of nitrogens with one attached hydrogen (secondary N) is 2. The molecule has 4 rings (SSSR count). The molecule has 2 aromatic rings. The summed E-state index contributed by atoms with van der Waals surface area (Å²) in [6.45, 7) is 3.11. The smallest absolute Gasteiger partial charge is 0.262 e. The lowest BCUT2D eigenvalue weighted by atomic mass is 10.1. The van der Waals surface area contributed by atoms with Gasteiger partial charge in [-0.05, 0) is 56.1 Å². The third-order valence-electron chi connectivity index (χ3n) is 5.72. The number of aromatic nitrogens is 2. The van der Waals surface area contributed by atoms with Crippen molar-refractivity contribution in [1.29, 1.82) is 0 Å². The second-order valence-corrected chi connectivity index (χ2v) is 8.22. The Hall–Kier alpha value is -2.52. The SMILES string of the molecule is O=C(NCCCN1CCCC1=O)c1ccc2c(=O)n(CC3CCCO3)c(=S)[nH]c2c1. The van der Waals surface area contributed by atoms with E-state index in [1.165, 1.54) is 4.57 Å². The molecule has 2 N–H and O–H groups in total. The monoisotopic (exact) mass is 430 g/mol. The number of hydrogen-bond donors (Lipinski definition) is 2. The summed E-state index contributed by atoms with van der Waals surface area (Å²) < 4.78 is 7.48. The topological polar surface area (TPSA) is 96.4 Å². The zero-order valence-electron chi connectivity index (χ0n) is 16.8. The van der Waals surface area contributed by atoms with Crippen molar-refractivity contribution in [3.8, 4) is 0 Å². The largest absolute Gasteiger partial charge is 0.376 e. The van der Waals surface area contributed by atoms with Gasteiger partial charge in [-0.2, -0.15) is 0 Å². The molecule has 3 heterocycles. The highest BCUT2D eigenvalue weighted by molar-refractivity contribution is 7.71. The Morgan fingerprint density at radius 2 is 2.17 bits per heavy atom. The standard InChI is InChI=1S/C21H26N4O4S/c26-18-5-1-9-24(18)10-3-8-22-19(27)14-6-7-16-17(12-14)23-21(30)25(20(16)28)13-15-4-2-11-29-15/h6-7,12,15H,1-5,8-11,13H2,(H,22,27)(H,23,30). The molecule has 0 radical (unpaired) electrons. The van der Waals surface area contributed by atoms with Crippen LogP contribution in [0.3, 0.4) is 0 Å². The molecule has 2 saturated heterocycles. The second-order valence-electron chi connectivity index (χ2n) is 7.84. The second kappa shape index (κ2) is 9.09. The fourth-order valence-corrected chi connectivity index (χ4v) is 4.34. The summed E-state index contributed by atoms with van der Waals surface area (Å²) in [6.07, 6.45) is 4.18. The normalized spacial score (nSPS) is 19.0. The molecule has 0 saturated carbocycles. The van der Waals surface area contributed by atoms with Gasteiger partial charge < -0.3 is 19.9 Å². The summed E-state index contributed by atoms with van der Waals surface area (Å²) in [4.78, 5) is 41.9. The summed E-state index contributed by atoms with van der Waals surface area (Å²) in [6, 6.07) is 4.96. The van der Waals surface area contributed by atoms with Gasteiger partial charge >= 0.3 is 0 Å². The van der Waals surface area contributed by atoms with Crippen LogP contribution in [0.5, 0.6) is 0 Å². The number of aromatic amines is 1. The van der Waals surface area contributed by atoms with Crippen LogP contribution in [0.15, 0.2) is 23.0 Å². The van der Waals surface area contributed by atoms with E-state index in [1.54, 1.807) is 18.2 Å². The lowest BCUT2D eigenvalue weighted by molar-refractivity contribution is -0.127. The van der Waals surface area contributed by atoms with Crippen LogP contribution in [-0.2, 0) is 16.1 Å². The minimum atomic E-state index is -0.215. The van der Waals surface area contributed by atoms with Crippen molar-refractivity contribution < 1.29 is 14.3 Å². The zero-order chi connectivity index (χ0) is 21.1. The van der Waals surface area contributed by atoms with Crippen molar-refractivity contribution in [1.82, 2.24) is 19.8 Å². The van der Waals surface area contributed by atoms with E-state index >= 15 is 0 Å². The Balaban J connectivity index is 1.42. The van der Waals surface area contributed by atoms with Crippen molar-refractivity contribution in [2.24, 2.45) is 0 Å². The Labute approximate surface area is 179 Å². The molecule has 2 fully saturated rings. The fourth-order valence-electron chi connectivity index (χ4n) is 4.07. The predicted octanol–water partition coefficient (Wildman–Crippen LogP) is 1.98. The number of nitrogens with zero attached hydrogens (tertiary/aromatic N) is 2. The molecule has 2 aliphatic heterocycles. The van der Waals surface area contributed by atoms with E-state index in [2.05, 4.69) is 10.3 Å². The highest BCUT2D eigenvalue weighted by atomic mass is 32.1. The Morgan fingerprint density at radius 1 is 1.30 bits per heavy atom. The number of amides is 2. The molecule has 1 unspecified atom stereocenters. The number of likely N-dealkylation sites (tertiary alicyclic amines) is 1. The van der Waals surface area contributed by atoms with Gasteiger partial charge in [-0.1, -0.05) is 0 Å². The van der Waals surface area contributed by atoms with Crippen molar-refractivity contribution >= 4 is 34.9 Å². The maximum absolute atomic E-state index is 12.9. The number of fused-ring (bicyclic) bond motifs is 1. The van der Waals surface area contributed by atoms with Crippen molar-refractivity contribution in [3.63, 3.8) is 0 Å². The van der Waals surface area contributed by atoms with E-state index in [4.69, 9.17) is 17.0 Å². The average Bonchev–Trinajstić information content (AvgIpc) is 3.39. The number of H-pyrrole nitrogens is 1. The van der Waals surface area contributed by atoms with Crippen LogP contribution in [-0.4, -0.2) is 58.6 Å². The van der Waals surface area contributed by atoms with Crippen LogP contribution >= 0.6 is 12.2 Å². The molecule has 2 amide bonds. The van der Waals surface area contributed by atoms with Crippen LogP contribution in [0.4, 0.5) is 0 Å². The Bertz CT molecular complexity index is 1070. The summed E-state index contributed by atoms with van der Waals surface area (Å²) in [5, 5.41) is 3.37. The van der Waals surface area contributed by atoms with Crippen LogP contribution in [0.2, 0.25) is 0 Å². The van der Waals surface area contributed by atoms with Gasteiger partial charge in [0.05, 0.1) is 23.6 Å². The van der Waals surface area contributed by atoms with Crippen LogP contribution < -0.4 is 10.9 Å². The number of hydrogen-bond acceptors (Lipinski definition) is 5. The average molecular weight is 431 g/mol. The van der Waals surface area contributed by atoms with Gasteiger partial charge in [-0.15, -0.1) is 0 Å². The molecular weight excluding hydrogens is 404 g/mol. The summed E-state index contributed by atoms with van der Waals surface area (Å²) >= 11 is 5.38. The molecular formula is C21H26N4O4S. The first-order chi connectivity index (χ1) is 14.5. The number of carbonyl (C=O) groups excluding carboxylic acids is 2. The first-order valence-electron chi connectivity index (χ1n) is 10.5. The van der Waals surface area contributed by atoms with Gasteiger partial charge in [0.15, 0.2) is 4.77 Å². The summed E-state index contributed by atoms with van der Waals surface area (Å²) in [5.41, 5.74) is 0.831. The number of benzene rings is 1. The van der Waals surface area contributed by atoms with E-state index in [-0.39, 0.29) is 23.5 Å². The molecule has 9 heteroatoms. The molecule has 2 aliphatic rings. The fraction of sp³-hybridized carbons (Fsp3) is 0.524. The minimum absolute atomic E-state index is 0.0103. The van der Waals surface area contributed by atoms with Gasteiger partial charge in [0, 0.05) is 38.2 Å². The molecule has 0 spiro atoms. The quantitative estimate of drug-likeness (QED) is 0.517. The molecule has 1 aromatic heterocycles. The van der Waals surface area contributed by atoms with Crippen molar-refractivity contribution in [3.05, 3.63) is 38.9 Å². The highest BCUT2D eigenvalue weighted by Gasteiger charge is 2.20. The highest BCUT2D eigenvalue weighted by Crippen LogP contribution is 2.15. The number of ether oxygens (including phenoxy) is 1. The van der Waals surface area contributed by atoms with Gasteiger partial charge in [-0.3, -0.25) is 19.0 Å². The van der Waals surface area contributed by atoms with E-state index in [0.717, 1.165) is 32.4 Å². The van der Waals surface area contributed by atoms with Gasteiger partial charge in [0.1, 0.15) is 0 Å². The molecule has 1 atom stereocenters. The molecule has 0 aliphatic carbocycles. The molecule has 0 bridgehead atoms. The number of rotatable bonds is 7. The van der Waals surface area contributed by atoms with E-state index in [9.17, 15) is 14.4 Å². The lowest BCUT2D eigenvalue weighted by Crippen LogP contribution is -2.31. The Morgan fingerprint density at radius 3 is 2.90 bits per heavy atom. The van der Waals surface area contributed by atoms with E-state index in [1.807, 2.05) is 4.90 Å². The summed E-state index contributed by atoms with van der Waals surface area (Å²) in [7, 11) is 0. The van der Waals surface area contributed by atoms with Crippen LogP contribution in [0.1, 0.15) is 42.5 Å². The van der Waals surface area contributed by atoms with Crippen LogP contribution in [0, 0.1) is 4.77 Å². The third-order valence-corrected chi connectivity index (χ3v) is 6.04. The molecule has 30 heavy (non-hydrogen) atoms. The van der Waals surface area contributed by atoms with E-state index in [0.29, 0.717) is 53.7 Å². The molecule has 8 nitrogen and oxygen atoms in total. The van der Waals surface area contributed by atoms with Gasteiger partial charge in [0.2, 0.25) is 5.91 Å². The maximum atomic E-state index is 12.9.